The largest absolute Gasteiger partial charge is 0.369 e. The molecule has 0 N–H and O–H groups in total. The molecule has 1 nitrogen and oxygen atoms in total. The van der Waals surface area contributed by atoms with Gasteiger partial charge in [0.2, 0.25) is 0 Å². The Labute approximate surface area is 96.6 Å². The molecule has 0 amide bonds. The summed E-state index contributed by atoms with van der Waals surface area (Å²) in [6.45, 7) is 22.2. The van der Waals surface area contributed by atoms with Crippen LogP contribution in [0.3, 0.4) is 0 Å². The van der Waals surface area contributed by atoms with Gasteiger partial charge < -0.3 is 4.74 Å². The molecule has 0 aliphatic heterocycles. The summed E-state index contributed by atoms with van der Waals surface area (Å²) in [5.41, 5.74) is 0.116. The monoisotopic (exact) mass is 214 g/mol. The molecule has 0 heterocycles. The molecule has 0 bridgehead atoms. The minimum absolute atomic E-state index is 0.0912. The zero-order valence-electron chi connectivity index (χ0n) is 12.4. The first-order valence-electron chi connectivity index (χ1n) is 5.91. The first-order valence-corrected chi connectivity index (χ1v) is 5.91. The van der Waals surface area contributed by atoms with Gasteiger partial charge in [-0.25, -0.2) is 0 Å². The van der Waals surface area contributed by atoms with Crippen LogP contribution in [0.5, 0.6) is 0 Å². The second kappa shape index (κ2) is 3.76. The Balaban J connectivity index is 5.03. The Morgan fingerprint density at radius 1 is 0.600 bits per heavy atom. The van der Waals surface area contributed by atoms with E-state index in [-0.39, 0.29) is 22.0 Å². The molecular formula is C14H30O. The number of hydrogen-bond acceptors (Lipinski definition) is 1. The molecule has 0 aromatic heterocycles. The van der Waals surface area contributed by atoms with Crippen molar-refractivity contribution in [2.24, 2.45) is 10.8 Å². The predicted octanol–water partition coefficient (Wildman–Crippen LogP) is 4.65. The molecule has 0 aromatic rings. The smallest absolute Gasteiger partial charge is 0.0689 e. The van der Waals surface area contributed by atoms with Crippen molar-refractivity contribution in [2.75, 3.05) is 0 Å². The van der Waals surface area contributed by atoms with Crippen molar-refractivity contribution >= 4 is 0 Å². The quantitative estimate of drug-likeness (QED) is 0.650. The zero-order valence-corrected chi connectivity index (χ0v) is 12.4. The van der Waals surface area contributed by atoms with Crippen molar-refractivity contribution in [1.29, 1.82) is 0 Å². The van der Waals surface area contributed by atoms with Crippen molar-refractivity contribution in [3.63, 3.8) is 0 Å². The second-order valence-corrected chi connectivity index (χ2v) is 7.60. The third kappa shape index (κ3) is 3.48. The van der Waals surface area contributed by atoms with E-state index in [0.717, 1.165) is 0 Å². The van der Waals surface area contributed by atoms with E-state index in [4.69, 9.17) is 4.74 Å². The molecule has 0 saturated heterocycles. The highest BCUT2D eigenvalue weighted by molar-refractivity contribution is 4.96. The molecule has 15 heavy (non-hydrogen) atoms. The van der Waals surface area contributed by atoms with Gasteiger partial charge in [-0.3, -0.25) is 0 Å². The average molecular weight is 214 g/mol. The van der Waals surface area contributed by atoms with Crippen molar-refractivity contribution in [2.45, 2.75) is 80.4 Å². The minimum Gasteiger partial charge on any atom is -0.369 e. The molecule has 0 saturated carbocycles. The highest BCUT2D eigenvalue weighted by Crippen LogP contribution is 2.49. The molecule has 1 heteroatoms. The van der Waals surface area contributed by atoms with Crippen LogP contribution < -0.4 is 0 Å². The first kappa shape index (κ1) is 15.0. The van der Waals surface area contributed by atoms with Crippen LogP contribution in [-0.4, -0.2) is 11.2 Å². The fraction of sp³-hybridized carbons (Fsp3) is 1.00. The van der Waals surface area contributed by atoms with Crippen LogP contribution in [0.25, 0.3) is 0 Å². The van der Waals surface area contributed by atoms with Crippen molar-refractivity contribution in [3.05, 3.63) is 0 Å². The van der Waals surface area contributed by atoms with E-state index in [2.05, 4.69) is 69.2 Å². The van der Waals surface area contributed by atoms with Gasteiger partial charge in [0.25, 0.3) is 0 Å². The van der Waals surface area contributed by atoms with Gasteiger partial charge in [0.05, 0.1) is 11.2 Å². The van der Waals surface area contributed by atoms with Crippen molar-refractivity contribution < 1.29 is 4.74 Å². The Hall–Kier alpha value is -0.0400. The average Bonchev–Trinajstić information content (AvgIpc) is 1.77. The Kier molecular flexibility index (Phi) is 3.75. The molecule has 0 fully saturated rings. The number of hydrogen-bond donors (Lipinski definition) is 0. The maximum Gasteiger partial charge on any atom is 0.0689 e. The molecule has 0 unspecified atom stereocenters. The van der Waals surface area contributed by atoms with Gasteiger partial charge in [0.15, 0.2) is 0 Å². The van der Waals surface area contributed by atoms with Crippen LogP contribution in [-0.2, 0) is 4.74 Å². The van der Waals surface area contributed by atoms with Gasteiger partial charge in [0, 0.05) is 0 Å². The maximum absolute atomic E-state index is 6.22. The normalized spacial score (nSPS) is 15.6. The molecule has 0 radical (unpaired) electrons. The lowest BCUT2D eigenvalue weighted by atomic mass is 9.60. The van der Waals surface area contributed by atoms with Crippen LogP contribution in [0.2, 0.25) is 0 Å². The fourth-order valence-corrected chi connectivity index (χ4v) is 1.80. The first-order chi connectivity index (χ1) is 6.21. The van der Waals surface area contributed by atoms with E-state index in [1.807, 2.05) is 0 Å². The molecule has 0 aliphatic carbocycles. The van der Waals surface area contributed by atoms with E-state index in [9.17, 15) is 0 Å². The SMILES string of the molecule is CC(C)(C)OC(C)(C)C(C)(C)C(C)(C)C. The van der Waals surface area contributed by atoms with E-state index in [1.165, 1.54) is 0 Å². The standard InChI is InChI=1S/C14H30O/c1-11(2,3)13(7,8)14(9,10)15-12(4,5)6/h1-10H3. The van der Waals surface area contributed by atoms with E-state index < -0.39 is 0 Å². The fourth-order valence-electron chi connectivity index (χ4n) is 1.80. The van der Waals surface area contributed by atoms with Crippen LogP contribution in [0.4, 0.5) is 0 Å². The van der Waals surface area contributed by atoms with E-state index in [1.54, 1.807) is 0 Å². The minimum atomic E-state index is -0.135. The lowest BCUT2D eigenvalue weighted by Gasteiger charge is -2.52. The highest BCUT2D eigenvalue weighted by atomic mass is 16.5. The lowest BCUT2D eigenvalue weighted by Crippen LogP contribution is -2.52. The highest BCUT2D eigenvalue weighted by Gasteiger charge is 2.47. The summed E-state index contributed by atoms with van der Waals surface area (Å²) in [5.74, 6) is 0. The summed E-state index contributed by atoms with van der Waals surface area (Å²) in [4.78, 5) is 0. The Morgan fingerprint density at radius 3 is 1.13 bits per heavy atom. The summed E-state index contributed by atoms with van der Waals surface area (Å²) in [6, 6.07) is 0. The predicted molar refractivity (Wildman–Crippen MR) is 68.2 cm³/mol. The van der Waals surface area contributed by atoms with Crippen LogP contribution in [0, 0.1) is 10.8 Å². The third-order valence-electron chi connectivity index (χ3n) is 3.94. The number of rotatable bonds is 2. The van der Waals surface area contributed by atoms with Crippen molar-refractivity contribution in [1.82, 2.24) is 0 Å². The molecule has 0 atom stereocenters. The zero-order chi connectivity index (χ0) is 12.7. The van der Waals surface area contributed by atoms with Gasteiger partial charge in [-0.15, -0.1) is 0 Å². The molecule has 0 aromatic carbocycles. The summed E-state index contributed by atoms with van der Waals surface area (Å²) in [5, 5.41) is 0. The maximum atomic E-state index is 6.22. The van der Waals surface area contributed by atoms with Gasteiger partial charge in [-0.05, 0) is 45.4 Å². The van der Waals surface area contributed by atoms with Crippen LogP contribution >= 0.6 is 0 Å². The van der Waals surface area contributed by atoms with Gasteiger partial charge in [0.1, 0.15) is 0 Å². The third-order valence-corrected chi connectivity index (χ3v) is 3.94. The number of ether oxygens (including phenoxy) is 1. The summed E-state index contributed by atoms with van der Waals surface area (Å²) >= 11 is 0. The van der Waals surface area contributed by atoms with Gasteiger partial charge in [-0.1, -0.05) is 34.6 Å². The lowest BCUT2D eigenvalue weighted by molar-refractivity contribution is -0.194. The topological polar surface area (TPSA) is 9.23 Å². The van der Waals surface area contributed by atoms with E-state index in [0.29, 0.717) is 0 Å². The summed E-state index contributed by atoms with van der Waals surface area (Å²) in [6.07, 6.45) is 0. The molecule has 0 spiro atoms. The van der Waals surface area contributed by atoms with E-state index >= 15 is 0 Å². The summed E-state index contributed by atoms with van der Waals surface area (Å²) < 4.78 is 6.22. The molecule has 92 valence electrons. The molecular weight excluding hydrogens is 184 g/mol. The van der Waals surface area contributed by atoms with Gasteiger partial charge in [-0.2, -0.15) is 0 Å². The van der Waals surface area contributed by atoms with Gasteiger partial charge >= 0.3 is 0 Å². The Bertz CT molecular complexity index is 210. The Morgan fingerprint density at radius 2 is 0.933 bits per heavy atom. The summed E-state index contributed by atoms with van der Waals surface area (Å²) in [7, 11) is 0. The van der Waals surface area contributed by atoms with Crippen molar-refractivity contribution in [3.8, 4) is 0 Å². The molecule has 0 aliphatic rings. The van der Waals surface area contributed by atoms with Crippen LogP contribution in [0.15, 0.2) is 0 Å². The molecule has 0 rings (SSSR count). The second-order valence-electron chi connectivity index (χ2n) is 7.60. The van der Waals surface area contributed by atoms with Crippen LogP contribution in [0.1, 0.15) is 69.2 Å².